The summed E-state index contributed by atoms with van der Waals surface area (Å²) in [7, 11) is -17.0. The number of phosphoric ester groups is 1. The summed E-state index contributed by atoms with van der Waals surface area (Å²) < 4.78 is 61.1. The SMILES string of the molecule is CC1(COP(=O)([O-])OP(=O)([O-])OP(=O)([O-])Cc2ccccc2)OC(C)(n2ccc(NC(=O)OCc3ccccc3)nc2=O)CC1O. The Morgan fingerprint density at radius 3 is 2.22 bits per heavy atom. The molecule has 4 rings (SSSR count). The predicted octanol–water partition coefficient (Wildman–Crippen LogP) is 1.94. The zero-order valence-electron chi connectivity index (χ0n) is 24.3. The molecule has 17 nitrogen and oxygen atoms in total. The van der Waals surface area contributed by atoms with E-state index >= 15 is 0 Å². The number of anilines is 1. The number of rotatable bonds is 13. The summed E-state index contributed by atoms with van der Waals surface area (Å²) in [5.41, 5.74) is -3.48. The molecule has 1 aromatic heterocycles. The number of carbonyl (C=O) groups excluding carboxylic acids is 1. The van der Waals surface area contributed by atoms with Gasteiger partial charge in [-0.15, -0.1) is 0 Å². The first-order valence-electron chi connectivity index (χ1n) is 13.4. The van der Waals surface area contributed by atoms with Gasteiger partial charge in [-0.25, -0.2) is 13.9 Å². The van der Waals surface area contributed by atoms with E-state index in [2.05, 4.69) is 23.4 Å². The highest BCUT2D eigenvalue weighted by Crippen LogP contribution is 2.63. The van der Waals surface area contributed by atoms with Crippen molar-refractivity contribution in [1.82, 2.24) is 9.55 Å². The minimum atomic E-state index is -6.01. The standard InChI is InChI=1S/C26H32N3O14P3/c1-25(18-40-45(35,36)43-46(37,38)42-44(33,34)17-20-11-7-4-8-12-20)21(30)15-26(2,41-25)29-14-13-22(27-23(29)31)28-24(32)39-16-19-9-5-3-6-10-19/h3-14,21,30H,15-18H2,1-2H3,(H,33,34)(H,35,36)(H,37,38)(H,27,28,31,32)/p-3. The fourth-order valence-corrected chi connectivity index (χ4v) is 8.59. The number of aliphatic hydroxyl groups is 1. The van der Waals surface area contributed by atoms with Gasteiger partial charge in [0.25, 0.3) is 15.6 Å². The number of carbonyl (C=O) groups is 1. The molecule has 1 fully saturated rings. The second-order valence-electron chi connectivity index (χ2n) is 10.5. The van der Waals surface area contributed by atoms with Crippen LogP contribution in [0.1, 0.15) is 31.4 Å². The van der Waals surface area contributed by atoms with Crippen LogP contribution in [0.2, 0.25) is 0 Å². The number of nitrogens with one attached hydrogen (secondary N) is 1. The van der Waals surface area contributed by atoms with Crippen molar-refractivity contribution >= 4 is 35.2 Å². The van der Waals surface area contributed by atoms with E-state index in [0.717, 1.165) is 10.1 Å². The van der Waals surface area contributed by atoms with Gasteiger partial charge in [0.1, 0.15) is 31.3 Å². The number of benzene rings is 2. The average molecular weight is 700 g/mol. The molecule has 1 amide bonds. The van der Waals surface area contributed by atoms with E-state index in [-0.39, 0.29) is 24.4 Å². The minimum Gasteiger partial charge on any atom is -0.778 e. The van der Waals surface area contributed by atoms with Crippen molar-refractivity contribution in [3.05, 3.63) is 94.5 Å². The van der Waals surface area contributed by atoms with E-state index in [1.54, 1.807) is 36.4 Å². The lowest BCUT2D eigenvalue weighted by molar-refractivity contribution is -0.249. The van der Waals surface area contributed by atoms with E-state index in [1.165, 1.54) is 50.4 Å². The molecule has 46 heavy (non-hydrogen) atoms. The highest BCUT2D eigenvalue weighted by atomic mass is 31.3. The van der Waals surface area contributed by atoms with Gasteiger partial charge in [0.2, 0.25) is 0 Å². The second kappa shape index (κ2) is 14.0. The van der Waals surface area contributed by atoms with Crippen molar-refractivity contribution in [2.45, 2.75) is 50.5 Å². The number of aliphatic hydroxyl groups excluding tert-OH is 1. The zero-order valence-corrected chi connectivity index (χ0v) is 27.0. The molecule has 0 spiro atoms. The average Bonchev–Trinajstić information content (AvgIpc) is 3.19. The Morgan fingerprint density at radius 2 is 1.61 bits per heavy atom. The summed E-state index contributed by atoms with van der Waals surface area (Å²) in [6.07, 6.45) is -2.29. The van der Waals surface area contributed by atoms with Crippen LogP contribution in [0.25, 0.3) is 0 Å². The van der Waals surface area contributed by atoms with Crippen LogP contribution in [0.4, 0.5) is 10.6 Å². The number of phosphoric acid groups is 2. The number of ether oxygens (including phenoxy) is 2. The van der Waals surface area contributed by atoms with Gasteiger partial charge in [-0.1, -0.05) is 60.7 Å². The molecule has 6 atom stereocenters. The topological polar surface area (TPSA) is 251 Å². The van der Waals surface area contributed by atoms with E-state index in [9.17, 15) is 43.1 Å². The Labute approximate surface area is 262 Å². The fraction of sp³-hybridized carbons (Fsp3) is 0.346. The maximum Gasteiger partial charge on any atom is 0.413 e. The van der Waals surface area contributed by atoms with Gasteiger partial charge in [0.05, 0.1) is 12.7 Å². The summed E-state index contributed by atoms with van der Waals surface area (Å²) in [6, 6.07) is 17.5. The minimum absolute atomic E-state index is 0.0252. The van der Waals surface area contributed by atoms with Crippen LogP contribution < -0.4 is 25.7 Å². The van der Waals surface area contributed by atoms with Crippen molar-refractivity contribution in [1.29, 1.82) is 0 Å². The molecule has 0 bridgehead atoms. The Bertz CT molecular complexity index is 1740. The van der Waals surface area contributed by atoms with Gasteiger partial charge < -0.3 is 38.3 Å². The number of amides is 1. The van der Waals surface area contributed by atoms with Crippen molar-refractivity contribution in [3.63, 3.8) is 0 Å². The lowest BCUT2D eigenvalue weighted by Crippen LogP contribution is -2.44. The third-order valence-electron chi connectivity index (χ3n) is 6.64. The first-order chi connectivity index (χ1) is 21.4. The Morgan fingerprint density at radius 1 is 1.00 bits per heavy atom. The molecule has 20 heteroatoms. The van der Waals surface area contributed by atoms with E-state index in [1.807, 2.05) is 0 Å². The summed E-state index contributed by atoms with van der Waals surface area (Å²) in [5.74, 6) is -0.146. The van der Waals surface area contributed by atoms with Crippen molar-refractivity contribution in [2.24, 2.45) is 0 Å². The Balaban J connectivity index is 1.35. The number of hydrogen-bond acceptors (Lipinski definition) is 15. The van der Waals surface area contributed by atoms with Crippen molar-refractivity contribution in [2.75, 3.05) is 11.9 Å². The normalized spacial score (nSPS) is 25.1. The van der Waals surface area contributed by atoms with E-state index in [4.69, 9.17) is 9.47 Å². The van der Waals surface area contributed by atoms with Crippen LogP contribution in [-0.2, 0) is 54.8 Å². The van der Waals surface area contributed by atoms with E-state index in [0.29, 0.717) is 0 Å². The molecule has 3 aromatic rings. The first kappa shape index (κ1) is 35.8. The summed E-state index contributed by atoms with van der Waals surface area (Å²) in [4.78, 5) is 65.3. The smallest absolute Gasteiger partial charge is 0.413 e. The second-order valence-corrected chi connectivity index (χ2v) is 15.4. The molecule has 1 aliphatic rings. The molecule has 0 saturated carbocycles. The predicted molar refractivity (Wildman–Crippen MR) is 154 cm³/mol. The van der Waals surface area contributed by atoms with Gasteiger partial charge in [0.15, 0.2) is 0 Å². The fourth-order valence-electron chi connectivity index (χ4n) is 4.51. The van der Waals surface area contributed by atoms with Crippen LogP contribution >= 0.6 is 23.2 Å². The molecule has 6 unspecified atom stereocenters. The first-order valence-corrected chi connectivity index (χ1v) is 18.0. The highest BCUT2D eigenvalue weighted by molar-refractivity contribution is 7.66. The molecular formula is C26H29N3O14P3-3. The summed E-state index contributed by atoms with van der Waals surface area (Å²) in [5, 5.41) is 13.0. The van der Waals surface area contributed by atoms with Crippen LogP contribution in [0.15, 0.2) is 77.7 Å². The van der Waals surface area contributed by atoms with Gasteiger partial charge >= 0.3 is 11.8 Å². The number of hydrogen-bond donors (Lipinski definition) is 2. The van der Waals surface area contributed by atoms with Crippen LogP contribution in [0, 0.1) is 0 Å². The molecule has 1 aliphatic heterocycles. The van der Waals surface area contributed by atoms with Crippen LogP contribution in [0.5, 0.6) is 0 Å². The zero-order chi connectivity index (χ0) is 33.8. The van der Waals surface area contributed by atoms with E-state index < -0.39 is 65.2 Å². The lowest BCUT2D eigenvalue weighted by Gasteiger charge is -2.37. The van der Waals surface area contributed by atoms with Crippen molar-refractivity contribution < 1.29 is 60.9 Å². The van der Waals surface area contributed by atoms with Gasteiger partial charge in [0, 0.05) is 18.8 Å². The molecule has 250 valence electrons. The lowest BCUT2D eigenvalue weighted by atomic mass is 9.99. The monoisotopic (exact) mass is 700 g/mol. The summed E-state index contributed by atoms with van der Waals surface area (Å²) in [6.45, 7) is 1.57. The molecule has 2 aromatic carbocycles. The Hall–Kier alpha value is -3.04. The molecule has 2 N–H and O–H groups in total. The maximum atomic E-state index is 12.8. The third kappa shape index (κ3) is 9.74. The number of aromatic nitrogens is 2. The molecule has 0 aliphatic carbocycles. The summed E-state index contributed by atoms with van der Waals surface area (Å²) >= 11 is 0. The molecular weight excluding hydrogens is 671 g/mol. The van der Waals surface area contributed by atoms with Gasteiger partial charge in [-0.3, -0.25) is 23.3 Å². The van der Waals surface area contributed by atoms with Crippen molar-refractivity contribution in [3.8, 4) is 0 Å². The highest BCUT2D eigenvalue weighted by Gasteiger charge is 2.53. The third-order valence-corrected chi connectivity index (χ3v) is 11.2. The largest absolute Gasteiger partial charge is 0.778 e. The molecule has 2 heterocycles. The molecule has 0 radical (unpaired) electrons. The van der Waals surface area contributed by atoms with Crippen LogP contribution in [-0.4, -0.2) is 39.1 Å². The Kier molecular flexibility index (Phi) is 10.9. The maximum absolute atomic E-state index is 12.8. The van der Waals surface area contributed by atoms with Gasteiger partial charge in [-0.05, 0) is 31.0 Å². The number of nitrogens with zero attached hydrogens (tertiary/aromatic N) is 2. The van der Waals surface area contributed by atoms with Crippen LogP contribution in [0.3, 0.4) is 0 Å². The van der Waals surface area contributed by atoms with Gasteiger partial charge in [-0.2, -0.15) is 4.98 Å². The molecule has 1 saturated heterocycles. The quantitative estimate of drug-likeness (QED) is 0.242.